The Morgan fingerprint density at radius 2 is 1.53 bits per heavy atom. The SMILES string of the molecule is C=CC(c1cc[c]cc1)c1ccccc1. The maximum atomic E-state index is 3.90. The first-order valence-electron chi connectivity index (χ1n) is 5.05. The summed E-state index contributed by atoms with van der Waals surface area (Å²) in [5.41, 5.74) is 2.54. The number of allylic oxidation sites excluding steroid dienone is 1. The molecule has 2 aromatic carbocycles. The van der Waals surface area contributed by atoms with Crippen molar-refractivity contribution in [2.24, 2.45) is 0 Å². The van der Waals surface area contributed by atoms with Gasteiger partial charge in [0.15, 0.2) is 0 Å². The van der Waals surface area contributed by atoms with Crippen molar-refractivity contribution in [2.45, 2.75) is 5.92 Å². The maximum Gasteiger partial charge on any atom is 0.0266 e. The summed E-state index contributed by atoms with van der Waals surface area (Å²) in [4.78, 5) is 0. The molecule has 0 nitrogen and oxygen atoms in total. The lowest BCUT2D eigenvalue weighted by Crippen LogP contribution is -1.96. The average Bonchev–Trinajstić information content (AvgIpc) is 2.33. The molecule has 0 aromatic heterocycles. The van der Waals surface area contributed by atoms with Gasteiger partial charge in [-0.1, -0.05) is 60.7 Å². The Bertz CT molecular complexity index is 375. The monoisotopic (exact) mass is 193 g/mol. The van der Waals surface area contributed by atoms with Gasteiger partial charge in [-0.3, -0.25) is 0 Å². The minimum Gasteiger partial charge on any atom is -0.102 e. The zero-order chi connectivity index (χ0) is 10.5. The van der Waals surface area contributed by atoms with Gasteiger partial charge in [0.2, 0.25) is 0 Å². The molecule has 0 aliphatic carbocycles. The van der Waals surface area contributed by atoms with Crippen molar-refractivity contribution in [1.82, 2.24) is 0 Å². The van der Waals surface area contributed by atoms with Gasteiger partial charge in [0.05, 0.1) is 0 Å². The second-order valence-corrected chi connectivity index (χ2v) is 3.46. The lowest BCUT2D eigenvalue weighted by atomic mass is 9.92. The third-order valence-corrected chi connectivity index (χ3v) is 2.50. The van der Waals surface area contributed by atoms with E-state index < -0.39 is 0 Å². The van der Waals surface area contributed by atoms with Crippen LogP contribution >= 0.6 is 0 Å². The number of benzene rings is 2. The van der Waals surface area contributed by atoms with Crippen molar-refractivity contribution < 1.29 is 0 Å². The Hall–Kier alpha value is -1.82. The summed E-state index contributed by atoms with van der Waals surface area (Å²) >= 11 is 0. The first-order valence-corrected chi connectivity index (χ1v) is 5.05. The molecule has 0 bridgehead atoms. The van der Waals surface area contributed by atoms with Crippen LogP contribution in [0.3, 0.4) is 0 Å². The molecule has 2 aromatic rings. The van der Waals surface area contributed by atoms with E-state index in [-0.39, 0.29) is 5.92 Å². The Labute approximate surface area is 90.9 Å². The van der Waals surface area contributed by atoms with Crippen molar-refractivity contribution >= 4 is 0 Å². The Morgan fingerprint density at radius 1 is 0.933 bits per heavy atom. The number of hydrogen-bond acceptors (Lipinski definition) is 0. The molecule has 0 amide bonds. The van der Waals surface area contributed by atoms with Crippen molar-refractivity contribution in [3.05, 3.63) is 84.4 Å². The van der Waals surface area contributed by atoms with Gasteiger partial charge < -0.3 is 0 Å². The topological polar surface area (TPSA) is 0 Å². The molecule has 1 radical (unpaired) electrons. The molecule has 0 spiro atoms. The number of rotatable bonds is 3. The van der Waals surface area contributed by atoms with E-state index in [1.807, 2.05) is 24.3 Å². The molecule has 73 valence electrons. The van der Waals surface area contributed by atoms with Crippen LogP contribution in [0.2, 0.25) is 0 Å². The summed E-state index contributed by atoms with van der Waals surface area (Å²) < 4.78 is 0. The van der Waals surface area contributed by atoms with Crippen molar-refractivity contribution in [1.29, 1.82) is 0 Å². The number of hydrogen-bond donors (Lipinski definition) is 0. The van der Waals surface area contributed by atoms with Gasteiger partial charge in [0, 0.05) is 5.92 Å². The first-order chi connectivity index (χ1) is 7.42. The summed E-state index contributed by atoms with van der Waals surface area (Å²) in [6, 6.07) is 21.5. The molecule has 0 aliphatic rings. The Kier molecular flexibility index (Phi) is 2.99. The second-order valence-electron chi connectivity index (χ2n) is 3.46. The lowest BCUT2D eigenvalue weighted by Gasteiger charge is -2.12. The van der Waals surface area contributed by atoms with Crippen LogP contribution in [0.15, 0.2) is 67.3 Å². The Balaban J connectivity index is 2.38. The van der Waals surface area contributed by atoms with E-state index in [1.165, 1.54) is 11.1 Å². The maximum absolute atomic E-state index is 3.90. The zero-order valence-electron chi connectivity index (χ0n) is 8.56. The van der Waals surface area contributed by atoms with E-state index in [1.54, 1.807) is 0 Å². The molecule has 0 N–H and O–H groups in total. The fraction of sp³-hybridized carbons (Fsp3) is 0.0667. The van der Waals surface area contributed by atoms with Crippen LogP contribution in [-0.4, -0.2) is 0 Å². The van der Waals surface area contributed by atoms with E-state index >= 15 is 0 Å². The third kappa shape index (κ3) is 2.16. The van der Waals surface area contributed by atoms with Gasteiger partial charge >= 0.3 is 0 Å². The van der Waals surface area contributed by atoms with Gasteiger partial charge in [0.25, 0.3) is 0 Å². The molecule has 1 atom stereocenters. The highest BCUT2D eigenvalue weighted by Gasteiger charge is 2.08. The minimum atomic E-state index is 0.279. The molecule has 0 heteroatoms. The van der Waals surface area contributed by atoms with Gasteiger partial charge in [-0.15, -0.1) is 6.58 Å². The van der Waals surface area contributed by atoms with Crippen LogP contribution in [0, 0.1) is 6.07 Å². The predicted octanol–water partition coefficient (Wildman–Crippen LogP) is 3.80. The fourth-order valence-corrected chi connectivity index (χ4v) is 1.73. The molecule has 0 heterocycles. The fourth-order valence-electron chi connectivity index (χ4n) is 1.73. The Morgan fingerprint density at radius 3 is 2.13 bits per heavy atom. The van der Waals surface area contributed by atoms with E-state index in [4.69, 9.17) is 0 Å². The molecular formula is C15H13. The molecule has 0 fully saturated rings. The normalized spacial score (nSPS) is 10.2. The highest BCUT2D eigenvalue weighted by Crippen LogP contribution is 2.24. The van der Waals surface area contributed by atoms with Gasteiger partial charge in [-0.2, -0.15) is 0 Å². The smallest absolute Gasteiger partial charge is 0.0266 e. The lowest BCUT2D eigenvalue weighted by molar-refractivity contribution is 1.03. The van der Waals surface area contributed by atoms with E-state index in [2.05, 4.69) is 49.0 Å². The molecular weight excluding hydrogens is 180 g/mol. The molecule has 15 heavy (non-hydrogen) atoms. The molecule has 2 rings (SSSR count). The summed E-state index contributed by atoms with van der Waals surface area (Å²) in [6.07, 6.45) is 1.98. The van der Waals surface area contributed by atoms with E-state index in [9.17, 15) is 0 Å². The second kappa shape index (κ2) is 4.61. The molecule has 0 saturated heterocycles. The van der Waals surface area contributed by atoms with Crippen LogP contribution in [-0.2, 0) is 0 Å². The standard InChI is InChI=1S/C15H13/c1-2-15(13-9-5-3-6-10-13)14-11-7-4-8-12-14/h2-3,5-12,15H,1H2. The minimum absolute atomic E-state index is 0.279. The third-order valence-electron chi connectivity index (χ3n) is 2.50. The highest BCUT2D eigenvalue weighted by molar-refractivity contribution is 5.35. The van der Waals surface area contributed by atoms with Crippen LogP contribution in [0.5, 0.6) is 0 Å². The van der Waals surface area contributed by atoms with Crippen LogP contribution in [0.4, 0.5) is 0 Å². The van der Waals surface area contributed by atoms with E-state index in [0.29, 0.717) is 0 Å². The van der Waals surface area contributed by atoms with Crippen molar-refractivity contribution in [2.75, 3.05) is 0 Å². The van der Waals surface area contributed by atoms with Crippen molar-refractivity contribution in [3.63, 3.8) is 0 Å². The van der Waals surface area contributed by atoms with Gasteiger partial charge in [-0.05, 0) is 17.2 Å². The highest BCUT2D eigenvalue weighted by atomic mass is 14.1. The largest absolute Gasteiger partial charge is 0.102 e. The van der Waals surface area contributed by atoms with Crippen LogP contribution in [0.1, 0.15) is 17.0 Å². The first kappa shape index (κ1) is 9.72. The molecule has 0 saturated carbocycles. The summed E-state index contributed by atoms with van der Waals surface area (Å²) in [6.45, 7) is 3.90. The van der Waals surface area contributed by atoms with Gasteiger partial charge in [0.1, 0.15) is 0 Å². The van der Waals surface area contributed by atoms with Gasteiger partial charge in [-0.25, -0.2) is 0 Å². The quantitative estimate of drug-likeness (QED) is 0.650. The summed E-state index contributed by atoms with van der Waals surface area (Å²) in [7, 11) is 0. The van der Waals surface area contributed by atoms with Crippen LogP contribution < -0.4 is 0 Å². The van der Waals surface area contributed by atoms with Crippen molar-refractivity contribution in [3.8, 4) is 0 Å². The summed E-state index contributed by atoms with van der Waals surface area (Å²) in [5.74, 6) is 0.279. The molecule has 1 unspecified atom stereocenters. The predicted molar refractivity (Wildman–Crippen MR) is 63.8 cm³/mol. The zero-order valence-corrected chi connectivity index (χ0v) is 8.56. The van der Waals surface area contributed by atoms with E-state index in [0.717, 1.165) is 0 Å². The average molecular weight is 193 g/mol. The van der Waals surface area contributed by atoms with Crippen LogP contribution in [0.25, 0.3) is 0 Å². The summed E-state index contributed by atoms with van der Waals surface area (Å²) in [5, 5.41) is 0. The molecule has 0 aliphatic heterocycles.